The van der Waals surface area contributed by atoms with Crippen molar-refractivity contribution < 1.29 is 22.1 Å². The summed E-state index contributed by atoms with van der Waals surface area (Å²) in [6.45, 7) is -0.263. The predicted octanol–water partition coefficient (Wildman–Crippen LogP) is 1.64. The molecule has 0 bridgehead atoms. The first kappa shape index (κ1) is 16.9. The van der Waals surface area contributed by atoms with Crippen molar-refractivity contribution in [2.45, 2.75) is 18.5 Å². The Bertz CT molecular complexity index is 797. The molecule has 4 N–H and O–H groups in total. The third-order valence-electron chi connectivity index (χ3n) is 3.68. The maximum Gasteiger partial charge on any atom is 0.333 e. The largest absolute Gasteiger partial charge is 0.398 e. The molecule has 3 atom stereocenters. The third kappa shape index (κ3) is 3.92. The van der Waals surface area contributed by atoms with E-state index in [1.54, 1.807) is 18.2 Å². The first-order valence-corrected chi connectivity index (χ1v) is 8.78. The van der Waals surface area contributed by atoms with E-state index in [9.17, 15) is 8.42 Å². The Balaban J connectivity index is 1.86. The minimum absolute atomic E-state index is 0.263. The van der Waals surface area contributed by atoms with Crippen molar-refractivity contribution in [1.29, 1.82) is 0 Å². The number of rotatable bonds is 5. The van der Waals surface area contributed by atoms with Crippen molar-refractivity contribution in [3.63, 3.8) is 0 Å². The van der Waals surface area contributed by atoms with Crippen molar-refractivity contribution in [2.75, 3.05) is 12.3 Å². The molecule has 24 heavy (non-hydrogen) atoms. The van der Waals surface area contributed by atoms with E-state index in [0.717, 1.165) is 5.56 Å². The van der Waals surface area contributed by atoms with E-state index in [2.05, 4.69) is 0 Å². The first-order valence-electron chi connectivity index (χ1n) is 7.31. The number of nitrogens with two attached hydrogens (primary N) is 2. The summed E-state index contributed by atoms with van der Waals surface area (Å²) in [5.41, 5.74) is 8.06. The molecule has 7 nitrogen and oxygen atoms in total. The summed E-state index contributed by atoms with van der Waals surface area (Å²) in [5, 5.41) is 4.90. The van der Waals surface area contributed by atoms with E-state index in [-0.39, 0.29) is 6.61 Å². The topological polar surface area (TPSA) is 114 Å². The maximum atomic E-state index is 11.1. The van der Waals surface area contributed by atoms with Gasteiger partial charge in [0.1, 0.15) is 12.2 Å². The van der Waals surface area contributed by atoms with Gasteiger partial charge in [0.25, 0.3) is 0 Å². The average Bonchev–Trinajstić information content (AvgIpc) is 2.98. The molecule has 0 spiro atoms. The van der Waals surface area contributed by atoms with Crippen LogP contribution < -0.4 is 10.9 Å². The third-order valence-corrected chi connectivity index (χ3v) is 4.14. The second-order valence-corrected chi connectivity index (χ2v) is 6.60. The molecule has 1 unspecified atom stereocenters. The van der Waals surface area contributed by atoms with Crippen LogP contribution in [0.5, 0.6) is 0 Å². The average molecular weight is 350 g/mol. The molecule has 3 rings (SSSR count). The van der Waals surface area contributed by atoms with Crippen LogP contribution in [-0.4, -0.2) is 21.1 Å². The summed E-state index contributed by atoms with van der Waals surface area (Å²) >= 11 is 0. The Morgan fingerprint density at radius 1 is 1.00 bits per heavy atom. The minimum atomic E-state index is -4.08. The fourth-order valence-corrected chi connectivity index (χ4v) is 2.91. The van der Waals surface area contributed by atoms with Crippen LogP contribution in [0.2, 0.25) is 0 Å². The monoisotopic (exact) mass is 350 g/mol. The molecule has 0 radical (unpaired) electrons. The van der Waals surface area contributed by atoms with Crippen LogP contribution in [0, 0.1) is 0 Å². The molecule has 0 amide bonds. The molecular weight excluding hydrogens is 332 g/mol. The molecule has 128 valence electrons. The Morgan fingerprint density at radius 2 is 1.67 bits per heavy atom. The van der Waals surface area contributed by atoms with Crippen LogP contribution in [0.3, 0.4) is 0 Å². The Hall–Kier alpha value is -1.97. The van der Waals surface area contributed by atoms with Gasteiger partial charge in [0.2, 0.25) is 0 Å². The highest BCUT2D eigenvalue weighted by Gasteiger charge is 2.39. The van der Waals surface area contributed by atoms with Crippen LogP contribution in [0.15, 0.2) is 54.6 Å². The zero-order valence-electron chi connectivity index (χ0n) is 12.7. The standard InChI is InChI=1S/C16H18N2O5S/c17-13-9-5-4-8-12(13)15-14(10-21-24(18,19)20)22-16(23-15)11-6-2-1-3-7-11/h1-9,14-16H,10,17H2,(H2,18,19,20)/t14-,15-,16?/m0/s1. The molecule has 2 aromatic carbocycles. The van der Waals surface area contributed by atoms with Gasteiger partial charge in [-0.05, 0) is 6.07 Å². The number of anilines is 1. The van der Waals surface area contributed by atoms with Gasteiger partial charge in [-0.25, -0.2) is 5.14 Å². The van der Waals surface area contributed by atoms with Crippen LogP contribution in [0.1, 0.15) is 23.5 Å². The van der Waals surface area contributed by atoms with Gasteiger partial charge in [-0.3, -0.25) is 4.18 Å². The normalized spacial score (nSPS) is 24.1. The van der Waals surface area contributed by atoms with Crippen molar-refractivity contribution in [2.24, 2.45) is 5.14 Å². The summed E-state index contributed by atoms with van der Waals surface area (Å²) in [4.78, 5) is 0. The quantitative estimate of drug-likeness (QED) is 0.793. The van der Waals surface area contributed by atoms with Crippen LogP contribution >= 0.6 is 0 Å². The maximum absolute atomic E-state index is 11.1. The molecular formula is C16H18N2O5S. The van der Waals surface area contributed by atoms with E-state index in [0.29, 0.717) is 11.3 Å². The van der Waals surface area contributed by atoms with Gasteiger partial charge in [-0.15, -0.1) is 0 Å². The molecule has 0 aromatic heterocycles. The van der Waals surface area contributed by atoms with Crippen molar-refractivity contribution in [3.05, 3.63) is 65.7 Å². The minimum Gasteiger partial charge on any atom is -0.398 e. The van der Waals surface area contributed by atoms with Crippen LogP contribution in [0.25, 0.3) is 0 Å². The van der Waals surface area contributed by atoms with E-state index in [1.807, 2.05) is 36.4 Å². The second-order valence-electron chi connectivity index (χ2n) is 5.38. The Kier molecular flexibility index (Phi) is 4.83. The lowest BCUT2D eigenvalue weighted by atomic mass is 10.0. The summed E-state index contributed by atoms with van der Waals surface area (Å²) in [7, 11) is -4.08. The van der Waals surface area contributed by atoms with Gasteiger partial charge < -0.3 is 15.2 Å². The predicted molar refractivity (Wildman–Crippen MR) is 87.8 cm³/mol. The van der Waals surface area contributed by atoms with Crippen LogP contribution in [-0.2, 0) is 24.0 Å². The lowest BCUT2D eigenvalue weighted by molar-refractivity contribution is -0.0726. The summed E-state index contributed by atoms with van der Waals surface area (Å²) in [6, 6.07) is 16.5. The number of nitrogen functional groups attached to an aromatic ring is 1. The van der Waals surface area contributed by atoms with Gasteiger partial charge in [0, 0.05) is 16.8 Å². The molecule has 1 aliphatic heterocycles. The number of benzene rings is 2. The number of ether oxygens (including phenoxy) is 2. The zero-order chi connectivity index (χ0) is 17.2. The molecule has 0 aliphatic carbocycles. The SMILES string of the molecule is Nc1ccccc1[C@@H]1OC(c2ccccc2)O[C@H]1COS(N)(=O)=O. The lowest BCUT2D eigenvalue weighted by Gasteiger charge is -2.17. The number of para-hydroxylation sites is 1. The van der Waals surface area contributed by atoms with Crippen LogP contribution in [0.4, 0.5) is 5.69 Å². The zero-order valence-corrected chi connectivity index (χ0v) is 13.6. The highest BCUT2D eigenvalue weighted by molar-refractivity contribution is 7.84. The molecule has 1 fully saturated rings. The lowest BCUT2D eigenvalue weighted by Crippen LogP contribution is -2.27. The fraction of sp³-hybridized carbons (Fsp3) is 0.250. The second kappa shape index (κ2) is 6.88. The highest BCUT2D eigenvalue weighted by Crippen LogP contribution is 2.41. The summed E-state index contributed by atoms with van der Waals surface area (Å²) in [5.74, 6) is 0. The molecule has 1 aliphatic rings. The van der Waals surface area contributed by atoms with Gasteiger partial charge in [0.15, 0.2) is 6.29 Å². The molecule has 1 heterocycles. The van der Waals surface area contributed by atoms with E-state index in [4.69, 9.17) is 24.5 Å². The highest BCUT2D eigenvalue weighted by atomic mass is 32.2. The van der Waals surface area contributed by atoms with E-state index < -0.39 is 28.8 Å². The summed E-state index contributed by atoms with van der Waals surface area (Å²) < 4.78 is 38.7. The van der Waals surface area contributed by atoms with Gasteiger partial charge >= 0.3 is 10.3 Å². The van der Waals surface area contributed by atoms with E-state index >= 15 is 0 Å². The van der Waals surface area contributed by atoms with E-state index in [1.165, 1.54) is 0 Å². The Labute approximate surface area is 140 Å². The van der Waals surface area contributed by atoms with Crippen molar-refractivity contribution in [1.82, 2.24) is 0 Å². The Morgan fingerprint density at radius 3 is 2.33 bits per heavy atom. The fourth-order valence-electron chi connectivity index (χ4n) is 2.58. The smallest absolute Gasteiger partial charge is 0.333 e. The van der Waals surface area contributed by atoms with Crippen molar-refractivity contribution in [3.8, 4) is 0 Å². The first-order chi connectivity index (χ1) is 11.4. The molecule has 8 heteroatoms. The number of hydrogen-bond acceptors (Lipinski definition) is 6. The molecule has 0 saturated carbocycles. The van der Waals surface area contributed by atoms with Crippen molar-refractivity contribution >= 4 is 16.0 Å². The van der Waals surface area contributed by atoms with Gasteiger partial charge in [0.05, 0.1) is 6.61 Å². The summed E-state index contributed by atoms with van der Waals surface area (Å²) in [6.07, 6.45) is -1.89. The molecule has 2 aromatic rings. The van der Waals surface area contributed by atoms with Gasteiger partial charge in [-0.1, -0.05) is 48.5 Å². The number of hydrogen-bond donors (Lipinski definition) is 2. The molecule has 1 saturated heterocycles. The van der Waals surface area contributed by atoms with Gasteiger partial charge in [-0.2, -0.15) is 8.42 Å².